The Hall–Kier alpha value is -2.28. The van der Waals surface area contributed by atoms with Crippen LogP contribution in [0.4, 0.5) is 10.1 Å². The highest BCUT2D eigenvalue weighted by Gasteiger charge is 2.36. The van der Waals surface area contributed by atoms with E-state index in [2.05, 4.69) is 15.0 Å². The third-order valence-electron chi connectivity index (χ3n) is 5.28. The van der Waals surface area contributed by atoms with Crippen molar-refractivity contribution < 1.29 is 9.18 Å². The first-order valence-electron chi connectivity index (χ1n) is 8.87. The molecule has 1 amide bonds. The molecule has 6 nitrogen and oxygen atoms in total. The Morgan fingerprint density at radius 2 is 1.96 bits per heavy atom. The molecular formula is C18H22FN5O. The minimum absolute atomic E-state index is 0.0936. The lowest BCUT2D eigenvalue weighted by Gasteiger charge is -2.41. The number of likely N-dealkylation sites (tertiary alicyclic amines) is 1. The number of piperidine rings is 2. The van der Waals surface area contributed by atoms with Crippen LogP contribution in [0, 0.1) is 5.82 Å². The van der Waals surface area contributed by atoms with E-state index in [1.807, 2.05) is 4.68 Å². The zero-order chi connectivity index (χ0) is 17.2. The highest BCUT2D eigenvalue weighted by atomic mass is 19.1. The van der Waals surface area contributed by atoms with Gasteiger partial charge in [0, 0.05) is 25.3 Å². The number of nitrogens with zero attached hydrogens (tertiary/aromatic N) is 5. The van der Waals surface area contributed by atoms with Crippen molar-refractivity contribution >= 4 is 11.6 Å². The quantitative estimate of drug-likeness (QED) is 0.858. The fraction of sp³-hybridized carbons (Fsp3) is 0.500. The Bertz CT molecular complexity index is 727. The molecule has 25 heavy (non-hydrogen) atoms. The van der Waals surface area contributed by atoms with Gasteiger partial charge in [0.1, 0.15) is 18.5 Å². The molecule has 0 N–H and O–H groups in total. The van der Waals surface area contributed by atoms with E-state index in [-0.39, 0.29) is 17.8 Å². The molecule has 3 heterocycles. The highest BCUT2D eigenvalue weighted by Crippen LogP contribution is 2.28. The number of rotatable bonds is 3. The van der Waals surface area contributed by atoms with Crippen LogP contribution in [0.2, 0.25) is 0 Å². The van der Waals surface area contributed by atoms with Crippen molar-refractivity contribution in [1.82, 2.24) is 19.7 Å². The number of hydrogen-bond donors (Lipinski definition) is 0. The van der Waals surface area contributed by atoms with E-state index < -0.39 is 0 Å². The molecule has 2 fully saturated rings. The van der Waals surface area contributed by atoms with E-state index in [4.69, 9.17) is 0 Å². The Morgan fingerprint density at radius 1 is 1.12 bits per heavy atom. The van der Waals surface area contributed by atoms with Crippen LogP contribution >= 0.6 is 0 Å². The van der Waals surface area contributed by atoms with Gasteiger partial charge in [-0.2, -0.15) is 5.10 Å². The number of benzene rings is 1. The molecule has 2 aromatic rings. The molecular weight excluding hydrogens is 321 g/mol. The van der Waals surface area contributed by atoms with E-state index in [0.29, 0.717) is 18.3 Å². The number of aromatic nitrogens is 3. The fourth-order valence-corrected chi connectivity index (χ4v) is 3.96. The molecule has 1 aromatic carbocycles. The van der Waals surface area contributed by atoms with Gasteiger partial charge < -0.3 is 4.90 Å². The van der Waals surface area contributed by atoms with Crippen molar-refractivity contribution in [2.45, 2.75) is 37.8 Å². The fourth-order valence-electron chi connectivity index (χ4n) is 3.96. The standard InChI is InChI=1S/C18H22FN5O/c19-14-3-1-4-16(11-14)23-8-2-5-17(18(23)25)22-9-6-15(7-10-22)24-13-20-12-21-24/h1,3-4,11-13,15,17H,2,5-10H2/t17-/m0/s1. The Morgan fingerprint density at radius 3 is 2.68 bits per heavy atom. The normalized spacial score (nSPS) is 23.2. The molecule has 1 aromatic heterocycles. The van der Waals surface area contributed by atoms with Gasteiger partial charge in [0.05, 0.1) is 12.1 Å². The SMILES string of the molecule is O=C1[C@@H](N2CCC(n3cncn3)CC2)CCCN1c1cccc(F)c1. The summed E-state index contributed by atoms with van der Waals surface area (Å²) in [7, 11) is 0. The molecule has 0 unspecified atom stereocenters. The van der Waals surface area contributed by atoms with Crippen molar-refractivity contribution in [3.63, 3.8) is 0 Å². The van der Waals surface area contributed by atoms with Gasteiger partial charge in [-0.1, -0.05) is 6.07 Å². The van der Waals surface area contributed by atoms with E-state index in [1.165, 1.54) is 12.1 Å². The van der Waals surface area contributed by atoms with Crippen LogP contribution in [0.25, 0.3) is 0 Å². The first-order chi connectivity index (χ1) is 12.2. The van der Waals surface area contributed by atoms with Crippen LogP contribution in [0.15, 0.2) is 36.9 Å². The zero-order valence-corrected chi connectivity index (χ0v) is 14.1. The van der Waals surface area contributed by atoms with Crippen molar-refractivity contribution in [2.24, 2.45) is 0 Å². The molecule has 2 aliphatic rings. The molecule has 0 saturated carbocycles. The predicted octanol–water partition coefficient (Wildman–Crippen LogP) is 2.25. The van der Waals surface area contributed by atoms with E-state index >= 15 is 0 Å². The second-order valence-corrected chi connectivity index (χ2v) is 6.77. The lowest BCUT2D eigenvalue weighted by molar-refractivity contribution is -0.126. The summed E-state index contributed by atoms with van der Waals surface area (Å²) < 4.78 is 15.4. The van der Waals surface area contributed by atoms with Crippen LogP contribution in [-0.2, 0) is 4.79 Å². The molecule has 132 valence electrons. The first-order valence-corrected chi connectivity index (χ1v) is 8.87. The van der Waals surface area contributed by atoms with Gasteiger partial charge in [0.25, 0.3) is 0 Å². The first kappa shape index (κ1) is 16.2. The second-order valence-electron chi connectivity index (χ2n) is 6.77. The number of hydrogen-bond acceptors (Lipinski definition) is 4. The van der Waals surface area contributed by atoms with Gasteiger partial charge in [-0.05, 0) is 43.9 Å². The molecule has 4 rings (SSSR count). The molecule has 0 radical (unpaired) electrons. The molecule has 0 bridgehead atoms. The predicted molar refractivity (Wildman–Crippen MR) is 91.6 cm³/mol. The summed E-state index contributed by atoms with van der Waals surface area (Å²) in [5, 5.41) is 4.23. The van der Waals surface area contributed by atoms with Crippen molar-refractivity contribution in [2.75, 3.05) is 24.5 Å². The molecule has 2 aliphatic heterocycles. The highest BCUT2D eigenvalue weighted by molar-refractivity contribution is 5.97. The van der Waals surface area contributed by atoms with E-state index in [9.17, 15) is 9.18 Å². The monoisotopic (exact) mass is 343 g/mol. The van der Waals surface area contributed by atoms with Crippen LogP contribution in [0.3, 0.4) is 0 Å². The zero-order valence-electron chi connectivity index (χ0n) is 14.1. The third kappa shape index (κ3) is 3.28. The summed E-state index contributed by atoms with van der Waals surface area (Å²) in [5.74, 6) is -0.211. The minimum Gasteiger partial charge on any atom is -0.311 e. The summed E-state index contributed by atoms with van der Waals surface area (Å²) in [5.41, 5.74) is 0.659. The molecule has 7 heteroatoms. The average Bonchev–Trinajstić information content (AvgIpc) is 3.17. The van der Waals surface area contributed by atoms with Crippen LogP contribution < -0.4 is 4.90 Å². The van der Waals surface area contributed by atoms with Gasteiger partial charge in [-0.15, -0.1) is 0 Å². The smallest absolute Gasteiger partial charge is 0.244 e. The minimum atomic E-state index is -0.305. The molecule has 1 atom stereocenters. The lowest BCUT2D eigenvalue weighted by atomic mass is 9.97. The van der Waals surface area contributed by atoms with Gasteiger partial charge in [-0.3, -0.25) is 9.69 Å². The van der Waals surface area contributed by atoms with Gasteiger partial charge >= 0.3 is 0 Å². The number of anilines is 1. The van der Waals surface area contributed by atoms with E-state index in [1.54, 1.807) is 29.7 Å². The Balaban J connectivity index is 1.43. The topological polar surface area (TPSA) is 54.3 Å². The summed E-state index contributed by atoms with van der Waals surface area (Å²) in [6.45, 7) is 2.41. The van der Waals surface area contributed by atoms with Gasteiger partial charge in [0.15, 0.2) is 0 Å². The van der Waals surface area contributed by atoms with Crippen molar-refractivity contribution in [3.8, 4) is 0 Å². The number of carbonyl (C=O) groups excluding carboxylic acids is 1. The van der Waals surface area contributed by atoms with Crippen molar-refractivity contribution in [3.05, 3.63) is 42.7 Å². The van der Waals surface area contributed by atoms with Crippen LogP contribution in [-0.4, -0.2) is 51.2 Å². The van der Waals surface area contributed by atoms with Crippen LogP contribution in [0.5, 0.6) is 0 Å². The molecule has 2 saturated heterocycles. The Labute approximate surface area is 146 Å². The summed E-state index contributed by atoms with van der Waals surface area (Å²) in [6, 6.07) is 6.57. The van der Waals surface area contributed by atoms with Gasteiger partial charge in [0.2, 0.25) is 5.91 Å². The summed E-state index contributed by atoms with van der Waals surface area (Å²) >= 11 is 0. The van der Waals surface area contributed by atoms with Crippen molar-refractivity contribution in [1.29, 1.82) is 0 Å². The Kier molecular flexibility index (Phi) is 4.48. The summed E-state index contributed by atoms with van der Waals surface area (Å²) in [6.07, 6.45) is 7.07. The maximum Gasteiger partial charge on any atom is 0.244 e. The summed E-state index contributed by atoms with van der Waals surface area (Å²) in [4.78, 5) is 21.0. The maximum absolute atomic E-state index is 13.5. The second kappa shape index (κ2) is 6.92. The largest absolute Gasteiger partial charge is 0.311 e. The molecule has 0 aliphatic carbocycles. The van der Waals surface area contributed by atoms with E-state index in [0.717, 1.165) is 38.8 Å². The third-order valence-corrected chi connectivity index (χ3v) is 5.28. The maximum atomic E-state index is 13.5. The number of amides is 1. The van der Waals surface area contributed by atoms with Crippen LogP contribution in [0.1, 0.15) is 31.7 Å². The van der Waals surface area contributed by atoms with Gasteiger partial charge in [-0.25, -0.2) is 14.1 Å². The average molecular weight is 343 g/mol. The number of carbonyl (C=O) groups is 1. The number of halogens is 1. The lowest BCUT2D eigenvalue weighted by Crippen LogP contribution is -2.54. The molecule has 0 spiro atoms.